The molecule has 4 heteroatoms. The third-order valence-corrected chi connectivity index (χ3v) is 2.72. The number of aromatic hydroxyl groups is 1. The second-order valence-electron chi connectivity index (χ2n) is 4.00. The first-order chi connectivity index (χ1) is 7.58. The maximum Gasteiger partial charge on any atom is 0.134 e. The van der Waals surface area contributed by atoms with Gasteiger partial charge < -0.3 is 10.1 Å². The third-order valence-electron chi connectivity index (χ3n) is 2.40. The molecule has 0 saturated carbocycles. The van der Waals surface area contributed by atoms with E-state index in [0.29, 0.717) is 10.9 Å². The Morgan fingerprint density at radius 3 is 2.69 bits per heavy atom. The lowest BCUT2D eigenvalue weighted by molar-refractivity contribution is 0.476. The van der Waals surface area contributed by atoms with Crippen molar-refractivity contribution in [1.82, 2.24) is 9.97 Å². The lowest BCUT2D eigenvalue weighted by Gasteiger charge is -2.01. The van der Waals surface area contributed by atoms with Crippen LogP contribution in [0.25, 0.3) is 11.3 Å². The van der Waals surface area contributed by atoms with Gasteiger partial charge in [0, 0.05) is 11.5 Å². The molecule has 0 spiro atoms. The fraction of sp³-hybridized carbons (Fsp3) is 0.250. The van der Waals surface area contributed by atoms with Crippen molar-refractivity contribution in [3.8, 4) is 17.0 Å². The van der Waals surface area contributed by atoms with E-state index in [1.807, 2.05) is 6.07 Å². The molecule has 0 fully saturated rings. The maximum absolute atomic E-state index is 9.51. The number of phenolic OH excluding ortho intramolecular Hbond substituents is 1. The van der Waals surface area contributed by atoms with Crippen LogP contribution in [0.15, 0.2) is 24.4 Å². The number of hydrogen-bond acceptors (Lipinski definition) is 2. The predicted octanol–water partition coefficient (Wildman–Crippen LogP) is 3.56. The Balaban J connectivity index is 2.39. The van der Waals surface area contributed by atoms with E-state index in [9.17, 15) is 5.11 Å². The number of rotatable bonds is 2. The van der Waals surface area contributed by atoms with Crippen LogP contribution >= 0.6 is 11.6 Å². The molecule has 1 aromatic heterocycles. The van der Waals surface area contributed by atoms with Gasteiger partial charge in [-0.05, 0) is 12.1 Å². The molecule has 1 heterocycles. The number of aromatic nitrogens is 2. The SMILES string of the molecule is CC(C)c1ncc(-c2ccc(Cl)c(O)c2)[nH]1. The number of halogens is 1. The number of nitrogens with one attached hydrogen (secondary N) is 1. The summed E-state index contributed by atoms with van der Waals surface area (Å²) in [5.41, 5.74) is 1.76. The van der Waals surface area contributed by atoms with Crippen LogP contribution in [-0.4, -0.2) is 15.1 Å². The van der Waals surface area contributed by atoms with E-state index in [4.69, 9.17) is 11.6 Å². The van der Waals surface area contributed by atoms with Gasteiger partial charge in [-0.1, -0.05) is 31.5 Å². The number of H-pyrrole nitrogens is 1. The minimum Gasteiger partial charge on any atom is -0.506 e. The zero-order chi connectivity index (χ0) is 11.7. The Morgan fingerprint density at radius 1 is 1.38 bits per heavy atom. The summed E-state index contributed by atoms with van der Waals surface area (Å²) < 4.78 is 0. The lowest BCUT2D eigenvalue weighted by Crippen LogP contribution is -1.89. The largest absolute Gasteiger partial charge is 0.506 e. The molecule has 2 N–H and O–H groups in total. The summed E-state index contributed by atoms with van der Waals surface area (Å²) >= 11 is 5.75. The highest BCUT2D eigenvalue weighted by molar-refractivity contribution is 6.32. The Bertz CT molecular complexity index is 505. The Morgan fingerprint density at radius 2 is 2.12 bits per heavy atom. The molecule has 0 amide bonds. The highest BCUT2D eigenvalue weighted by Crippen LogP contribution is 2.29. The number of hydrogen-bond donors (Lipinski definition) is 2. The van der Waals surface area contributed by atoms with Crippen LogP contribution in [0, 0.1) is 0 Å². The van der Waals surface area contributed by atoms with E-state index in [2.05, 4.69) is 23.8 Å². The van der Waals surface area contributed by atoms with Gasteiger partial charge in [0.05, 0.1) is 16.9 Å². The van der Waals surface area contributed by atoms with Crippen molar-refractivity contribution in [2.75, 3.05) is 0 Å². The topological polar surface area (TPSA) is 48.9 Å². The molecule has 1 aromatic carbocycles. The second-order valence-corrected chi connectivity index (χ2v) is 4.41. The Labute approximate surface area is 99.1 Å². The molecule has 2 aromatic rings. The van der Waals surface area contributed by atoms with Crippen molar-refractivity contribution in [2.45, 2.75) is 19.8 Å². The molecule has 0 aliphatic carbocycles. The zero-order valence-corrected chi connectivity index (χ0v) is 9.92. The fourth-order valence-electron chi connectivity index (χ4n) is 1.46. The van der Waals surface area contributed by atoms with E-state index in [-0.39, 0.29) is 5.75 Å². The van der Waals surface area contributed by atoms with Crippen molar-refractivity contribution < 1.29 is 5.11 Å². The van der Waals surface area contributed by atoms with Crippen LogP contribution < -0.4 is 0 Å². The van der Waals surface area contributed by atoms with Gasteiger partial charge in [0.2, 0.25) is 0 Å². The van der Waals surface area contributed by atoms with E-state index in [0.717, 1.165) is 17.1 Å². The molecule has 84 valence electrons. The van der Waals surface area contributed by atoms with Crippen LogP contribution in [0.3, 0.4) is 0 Å². The molecule has 0 aliphatic heterocycles. The van der Waals surface area contributed by atoms with E-state index < -0.39 is 0 Å². The minimum absolute atomic E-state index is 0.0832. The summed E-state index contributed by atoms with van der Waals surface area (Å²) in [7, 11) is 0. The first-order valence-electron chi connectivity index (χ1n) is 5.11. The number of aromatic amines is 1. The van der Waals surface area contributed by atoms with Gasteiger partial charge in [0.1, 0.15) is 11.6 Å². The van der Waals surface area contributed by atoms with E-state index in [1.54, 1.807) is 18.3 Å². The molecule has 0 radical (unpaired) electrons. The molecule has 2 rings (SSSR count). The average Bonchev–Trinajstić information content (AvgIpc) is 2.71. The highest BCUT2D eigenvalue weighted by Gasteiger charge is 2.07. The van der Waals surface area contributed by atoms with Crippen molar-refractivity contribution in [2.24, 2.45) is 0 Å². The molecule has 0 saturated heterocycles. The van der Waals surface area contributed by atoms with Gasteiger partial charge in [0.25, 0.3) is 0 Å². The molecule has 3 nitrogen and oxygen atoms in total. The van der Waals surface area contributed by atoms with Crippen LogP contribution in [0.2, 0.25) is 5.02 Å². The van der Waals surface area contributed by atoms with Gasteiger partial charge in [-0.3, -0.25) is 0 Å². The fourth-order valence-corrected chi connectivity index (χ4v) is 1.57. The summed E-state index contributed by atoms with van der Waals surface area (Å²) in [4.78, 5) is 7.48. The summed E-state index contributed by atoms with van der Waals surface area (Å²) in [5, 5.41) is 9.87. The second kappa shape index (κ2) is 4.18. The van der Waals surface area contributed by atoms with Gasteiger partial charge in [-0.2, -0.15) is 0 Å². The quantitative estimate of drug-likeness (QED) is 0.838. The Kier molecular flexibility index (Phi) is 2.88. The van der Waals surface area contributed by atoms with Gasteiger partial charge in [-0.25, -0.2) is 4.98 Å². The van der Waals surface area contributed by atoms with Crippen molar-refractivity contribution in [1.29, 1.82) is 0 Å². The predicted molar refractivity (Wildman–Crippen MR) is 64.8 cm³/mol. The Hall–Kier alpha value is -1.48. The summed E-state index contributed by atoms with van der Waals surface area (Å²) in [5.74, 6) is 1.37. The maximum atomic E-state index is 9.51. The van der Waals surface area contributed by atoms with E-state index >= 15 is 0 Å². The van der Waals surface area contributed by atoms with Crippen molar-refractivity contribution in [3.63, 3.8) is 0 Å². The van der Waals surface area contributed by atoms with E-state index in [1.165, 1.54) is 0 Å². The summed E-state index contributed by atoms with van der Waals surface area (Å²) in [6.45, 7) is 4.14. The van der Waals surface area contributed by atoms with Crippen molar-refractivity contribution >= 4 is 11.6 Å². The molecule has 0 bridgehead atoms. The monoisotopic (exact) mass is 236 g/mol. The molecular weight excluding hydrogens is 224 g/mol. The first-order valence-corrected chi connectivity index (χ1v) is 5.49. The molecule has 0 aliphatic rings. The number of phenols is 1. The van der Waals surface area contributed by atoms with Crippen LogP contribution in [0.5, 0.6) is 5.75 Å². The molecule has 0 atom stereocenters. The molecule has 0 unspecified atom stereocenters. The molecular formula is C12H13ClN2O. The number of nitrogens with zero attached hydrogens (tertiary/aromatic N) is 1. The van der Waals surface area contributed by atoms with Gasteiger partial charge in [0.15, 0.2) is 0 Å². The first kappa shape index (κ1) is 11.0. The van der Waals surface area contributed by atoms with Gasteiger partial charge >= 0.3 is 0 Å². The number of imidazole rings is 1. The zero-order valence-electron chi connectivity index (χ0n) is 9.16. The highest BCUT2D eigenvalue weighted by atomic mass is 35.5. The van der Waals surface area contributed by atoms with Crippen molar-refractivity contribution in [3.05, 3.63) is 35.2 Å². The summed E-state index contributed by atoms with van der Waals surface area (Å²) in [6, 6.07) is 5.14. The van der Waals surface area contributed by atoms with Crippen LogP contribution in [-0.2, 0) is 0 Å². The third kappa shape index (κ3) is 2.04. The summed E-state index contributed by atoms with van der Waals surface area (Å²) in [6.07, 6.45) is 1.76. The average molecular weight is 237 g/mol. The van der Waals surface area contributed by atoms with Gasteiger partial charge in [-0.15, -0.1) is 0 Å². The van der Waals surface area contributed by atoms with Crippen LogP contribution in [0.4, 0.5) is 0 Å². The smallest absolute Gasteiger partial charge is 0.134 e. The lowest BCUT2D eigenvalue weighted by atomic mass is 10.1. The molecule has 16 heavy (non-hydrogen) atoms. The number of benzene rings is 1. The normalized spacial score (nSPS) is 11.0. The van der Waals surface area contributed by atoms with Crippen LogP contribution in [0.1, 0.15) is 25.6 Å². The minimum atomic E-state index is 0.0832. The standard InChI is InChI=1S/C12H13ClN2O/c1-7(2)12-14-6-10(15-12)8-3-4-9(13)11(16)5-8/h3-7,16H,1-2H3,(H,14,15).